The zero-order valence-corrected chi connectivity index (χ0v) is 9.21. The van der Waals surface area contributed by atoms with Crippen LogP contribution in [0.3, 0.4) is 0 Å². The molecule has 1 fully saturated rings. The predicted octanol–water partition coefficient (Wildman–Crippen LogP) is 3.06. The molecular weight excluding hydrogens is 172 g/mol. The second-order valence-corrected chi connectivity index (χ2v) is 4.75. The lowest BCUT2D eigenvalue weighted by Gasteiger charge is -2.22. The van der Waals surface area contributed by atoms with E-state index in [4.69, 9.17) is 4.74 Å². The Balaban J connectivity index is 2.26. The van der Waals surface area contributed by atoms with Gasteiger partial charge in [-0.3, -0.25) is 0 Å². The summed E-state index contributed by atoms with van der Waals surface area (Å²) in [6, 6.07) is 8.83. The maximum atomic E-state index is 5.65. The molecule has 0 N–H and O–H groups in total. The van der Waals surface area contributed by atoms with Crippen LogP contribution in [0, 0.1) is 6.92 Å². The molecule has 0 amide bonds. The summed E-state index contributed by atoms with van der Waals surface area (Å²) in [6.45, 7) is 7.43. The molecule has 1 heterocycles. The molecule has 1 aromatic carbocycles. The summed E-state index contributed by atoms with van der Waals surface area (Å²) in [5.74, 6) is 0. The second-order valence-electron chi connectivity index (χ2n) is 4.75. The molecule has 0 spiro atoms. The van der Waals surface area contributed by atoms with Gasteiger partial charge in [-0.1, -0.05) is 36.8 Å². The number of aryl methyl sites for hydroxylation is 1. The van der Waals surface area contributed by atoms with E-state index in [0.717, 1.165) is 13.0 Å². The van der Waals surface area contributed by atoms with Gasteiger partial charge in [0.15, 0.2) is 0 Å². The lowest BCUT2D eigenvalue weighted by Crippen LogP contribution is -2.21. The second kappa shape index (κ2) is 3.39. The van der Waals surface area contributed by atoms with Gasteiger partial charge in [0.2, 0.25) is 0 Å². The molecule has 0 aliphatic carbocycles. The average molecular weight is 190 g/mol. The van der Waals surface area contributed by atoms with Gasteiger partial charge < -0.3 is 4.74 Å². The summed E-state index contributed by atoms with van der Waals surface area (Å²) in [4.78, 5) is 0. The highest BCUT2D eigenvalue weighted by Gasteiger charge is 2.35. The van der Waals surface area contributed by atoms with Crippen LogP contribution < -0.4 is 0 Å². The minimum Gasteiger partial charge on any atom is -0.378 e. The van der Waals surface area contributed by atoms with Crippen LogP contribution in [0.25, 0.3) is 0 Å². The first-order chi connectivity index (χ1) is 6.60. The smallest absolute Gasteiger partial charge is 0.0564 e. The SMILES string of the molecule is Cc1ccc(C2(C)COC(C)C2)cc1. The average Bonchev–Trinajstić information content (AvgIpc) is 2.48. The highest BCUT2D eigenvalue weighted by molar-refractivity contribution is 5.29. The highest BCUT2D eigenvalue weighted by atomic mass is 16.5. The van der Waals surface area contributed by atoms with Crippen molar-refractivity contribution in [3.05, 3.63) is 35.4 Å². The van der Waals surface area contributed by atoms with Crippen molar-refractivity contribution < 1.29 is 4.74 Å². The fourth-order valence-corrected chi connectivity index (χ4v) is 2.24. The maximum Gasteiger partial charge on any atom is 0.0564 e. The van der Waals surface area contributed by atoms with E-state index in [-0.39, 0.29) is 5.41 Å². The molecule has 2 atom stereocenters. The third-order valence-corrected chi connectivity index (χ3v) is 3.17. The van der Waals surface area contributed by atoms with Crippen molar-refractivity contribution in [1.29, 1.82) is 0 Å². The Morgan fingerprint density at radius 3 is 2.43 bits per heavy atom. The number of ether oxygens (including phenoxy) is 1. The van der Waals surface area contributed by atoms with Crippen molar-refractivity contribution in [1.82, 2.24) is 0 Å². The predicted molar refractivity (Wildman–Crippen MR) is 58.6 cm³/mol. The number of rotatable bonds is 1. The van der Waals surface area contributed by atoms with Gasteiger partial charge in [0.05, 0.1) is 12.7 Å². The van der Waals surface area contributed by atoms with Crippen LogP contribution in [0.2, 0.25) is 0 Å². The molecular formula is C13H18O. The molecule has 1 aliphatic heterocycles. The van der Waals surface area contributed by atoms with Crippen LogP contribution in [-0.2, 0) is 10.2 Å². The molecule has 1 aliphatic rings. The standard InChI is InChI=1S/C13H18O/c1-10-4-6-12(7-5-10)13(3)8-11(2)14-9-13/h4-7,11H,8-9H2,1-3H3. The number of benzene rings is 1. The van der Waals surface area contributed by atoms with Gasteiger partial charge >= 0.3 is 0 Å². The summed E-state index contributed by atoms with van der Waals surface area (Å²) in [5, 5.41) is 0. The molecule has 0 bridgehead atoms. The van der Waals surface area contributed by atoms with E-state index in [2.05, 4.69) is 45.0 Å². The molecule has 1 nitrogen and oxygen atoms in total. The zero-order chi connectivity index (χ0) is 10.2. The van der Waals surface area contributed by atoms with Crippen molar-refractivity contribution in [3.63, 3.8) is 0 Å². The van der Waals surface area contributed by atoms with E-state index >= 15 is 0 Å². The van der Waals surface area contributed by atoms with Gasteiger partial charge in [0.25, 0.3) is 0 Å². The van der Waals surface area contributed by atoms with Crippen molar-refractivity contribution in [3.8, 4) is 0 Å². The molecule has 0 radical (unpaired) electrons. The number of hydrogen-bond acceptors (Lipinski definition) is 1. The minimum atomic E-state index is 0.229. The van der Waals surface area contributed by atoms with E-state index in [1.54, 1.807) is 0 Å². The van der Waals surface area contributed by atoms with Crippen LogP contribution in [0.15, 0.2) is 24.3 Å². The topological polar surface area (TPSA) is 9.23 Å². The fourth-order valence-electron chi connectivity index (χ4n) is 2.24. The molecule has 1 heteroatoms. The Labute approximate surface area is 86.1 Å². The van der Waals surface area contributed by atoms with Crippen LogP contribution in [0.1, 0.15) is 31.4 Å². The van der Waals surface area contributed by atoms with Gasteiger partial charge in [0.1, 0.15) is 0 Å². The fraction of sp³-hybridized carbons (Fsp3) is 0.538. The monoisotopic (exact) mass is 190 g/mol. The molecule has 0 saturated carbocycles. The van der Waals surface area contributed by atoms with E-state index < -0.39 is 0 Å². The largest absolute Gasteiger partial charge is 0.378 e. The minimum absolute atomic E-state index is 0.229. The Hall–Kier alpha value is -0.820. The third kappa shape index (κ3) is 1.69. The van der Waals surface area contributed by atoms with Crippen LogP contribution in [0.4, 0.5) is 0 Å². The van der Waals surface area contributed by atoms with Crippen molar-refractivity contribution in [2.45, 2.75) is 38.7 Å². The molecule has 0 aromatic heterocycles. The summed E-state index contributed by atoms with van der Waals surface area (Å²) >= 11 is 0. The normalized spacial score (nSPS) is 32.1. The lowest BCUT2D eigenvalue weighted by molar-refractivity contribution is 0.118. The van der Waals surface area contributed by atoms with E-state index in [1.807, 2.05) is 0 Å². The third-order valence-electron chi connectivity index (χ3n) is 3.17. The highest BCUT2D eigenvalue weighted by Crippen LogP contribution is 2.35. The summed E-state index contributed by atoms with van der Waals surface area (Å²) < 4.78 is 5.65. The zero-order valence-electron chi connectivity index (χ0n) is 9.21. The van der Waals surface area contributed by atoms with E-state index in [9.17, 15) is 0 Å². The first kappa shape index (κ1) is 9.72. The Morgan fingerprint density at radius 2 is 1.93 bits per heavy atom. The van der Waals surface area contributed by atoms with Gasteiger partial charge in [-0.15, -0.1) is 0 Å². The summed E-state index contributed by atoms with van der Waals surface area (Å²) in [7, 11) is 0. The summed E-state index contributed by atoms with van der Waals surface area (Å²) in [5.41, 5.74) is 2.96. The quantitative estimate of drug-likeness (QED) is 0.661. The molecule has 14 heavy (non-hydrogen) atoms. The Morgan fingerprint density at radius 1 is 1.29 bits per heavy atom. The maximum absolute atomic E-state index is 5.65. The van der Waals surface area contributed by atoms with Crippen molar-refractivity contribution in [2.24, 2.45) is 0 Å². The van der Waals surface area contributed by atoms with Gasteiger partial charge in [-0.2, -0.15) is 0 Å². The van der Waals surface area contributed by atoms with Gasteiger partial charge in [-0.25, -0.2) is 0 Å². The van der Waals surface area contributed by atoms with Crippen LogP contribution in [-0.4, -0.2) is 12.7 Å². The molecule has 1 saturated heterocycles. The Kier molecular flexibility index (Phi) is 2.36. The molecule has 2 rings (SSSR count). The lowest BCUT2D eigenvalue weighted by atomic mass is 9.80. The van der Waals surface area contributed by atoms with Crippen LogP contribution >= 0.6 is 0 Å². The van der Waals surface area contributed by atoms with E-state index in [1.165, 1.54) is 11.1 Å². The summed E-state index contributed by atoms with van der Waals surface area (Å²) in [6.07, 6.45) is 1.54. The van der Waals surface area contributed by atoms with Crippen molar-refractivity contribution >= 4 is 0 Å². The van der Waals surface area contributed by atoms with E-state index in [0.29, 0.717) is 6.10 Å². The van der Waals surface area contributed by atoms with Crippen molar-refractivity contribution in [2.75, 3.05) is 6.61 Å². The van der Waals surface area contributed by atoms with Gasteiger partial charge in [0, 0.05) is 5.41 Å². The number of hydrogen-bond donors (Lipinski definition) is 0. The molecule has 1 aromatic rings. The molecule has 76 valence electrons. The molecule has 2 unspecified atom stereocenters. The Bertz CT molecular complexity index is 315. The first-order valence-electron chi connectivity index (χ1n) is 5.29. The van der Waals surface area contributed by atoms with Gasteiger partial charge in [-0.05, 0) is 25.8 Å². The van der Waals surface area contributed by atoms with Crippen LogP contribution in [0.5, 0.6) is 0 Å². The first-order valence-corrected chi connectivity index (χ1v) is 5.29.